The van der Waals surface area contributed by atoms with Crippen LogP contribution in [0.2, 0.25) is 0 Å². The molecule has 0 saturated heterocycles. The molecule has 3 N–H and O–H groups in total. The van der Waals surface area contributed by atoms with Gasteiger partial charge in [-0.15, -0.1) is 0 Å². The van der Waals surface area contributed by atoms with E-state index in [9.17, 15) is 43.2 Å². The molecule has 19 heteroatoms. The Balaban J connectivity index is 5.20. The van der Waals surface area contributed by atoms with Gasteiger partial charge in [0.1, 0.15) is 19.3 Å². The highest BCUT2D eigenvalue weighted by molar-refractivity contribution is 7.47. The molecule has 0 aliphatic heterocycles. The average Bonchev–Trinajstić information content (AvgIpc) is 0.930. The van der Waals surface area contributed by atoms with Crippen LogP contribution < -0.4 is 0 Å². The normalized spacial score (nSPS) is 14.1. The summed E-state index contributed by atoms with van der Waals surface area (Å²) in [5.41, 5.74) is 0. The first kappa shape index (κ1) is 98.1. The largest absolute Gasteiger partial charge is 0.472 e. The molecule has 0 fully saturated rings. The first-order valence-electron chi connectivity index (χ1n) is 42.2. The first-order chi connectivity index (χ1) is 48.6. The number of hydrogen-bond acceptors (Lipinski definition) is 15. The molecule has 0 radical (unpaired) electrons. The molecule has 17 nitrogen and oxygen atoms in total. The summed E-state index contributed by atoms with van der Waals surface area (Å²) in [6, 6.07) is 0. The van der Waals surface area contributed by atoms with Crippen molar-refractivity contribution in [3.05, 3.63) is 0 Å². The van der Waals surface area contributed by atoms with Gasteiger partial charge in [0.15, 0.2) is 12.2 Å². The molecule has 0 aromatic carbocycles. The molecule has 3 unspecified atom stereocenters. The number of phosphoric acid groups is 2. The number of aliphatic hydroxyl groups excluding tert-OH is 1. The maximum Gasteiger partial charge on any atom is 0.472 e. The maximum atomic E-state index is 13.1. The molecule has 0 spiro atoms. The fraction of sp³-hybridized carbons (Fsp3) is 0.951. The molecule has 100 heavy (non-hydrogen) atoms. The summed E-state index contributed by atoms with van der Waals surface area (Å²) in [7, 11) is -9.92. The van der Waals surface area contributed by atoms with Crippen LogP contribution in [0.1, 0.15) is 433 Å². The van der Waals surface area contributed by atoms with Crippen LogP contribution in [0.15, 0.2) is 0 Å². The standard InChI is InChI=1S/C81H158O17P2/c1-6-10-13-16-19-22-24-26-28-30-32-37-41-45-50-55-60-65-79(84)92-71-77(98-81(86)67-62-57-52-47-43-39-35-34-36-40-44-48-53-58-63-74(5)9-4)73-96-100(89,90)94-69-75(82)68-93-99(87,88)95-72-76(70-91-78(83)64-59-54-49-21-18-15-12-8-3)97-80(85)66-61-56-51-46-42-38-33-31-29-27-25-23-20-17-14-11-7-2/h74-77,82H,6-73H2,1-5H3,(H,87,88)(H,89,90)/t74?,75-,76+,77+/m0/s1. The molecule has 0 aromatic rings. The topological polar surface area (TPSA) is 237 Å². The predicted molar refractivity (Wildman–Crippen MR) is 409 cm³/mol. The average molecular weight is 1470 g/mol. The van der Waals surface area contributed by atoms with Gasteiger partial charge in [-0.2, -0.15) is 0 Å². The number of carbonyl (C=O) groups is 4. The van der Waals surface area contributed by atoms with E-state index in [1.807, 2.05) is 0 Å². The Kier molecular flexibility index (Phi) is 72.5. The van der Waals surface area contributed by atoms with Gasteiger partial charge in [0.05, 0.1) is 26.4 Å². The van der Waals surface area contributed by atoms with Crippen LogP contribution in [0, 0.1) is 5.92 Å². The van der Waals surface area contributed by atoms with E-state index in [1.165, 1.54) is 257 Å². The van der Waals surface area contributed by atoms with Gasteiger partial charge < -0.3 is 33.8 Å². The lowest BCUT2D eigenvalue weighted by Crippen LogP contribution is -2.30. The zero-order valence-electron chi connectivity index (χ0n) is 65.3. The van der Waals surface area contributed by atoms with Gasteiger partial charge in [-0.05, 0) is 31.6 Å². The molecule has 0 saturated carbocycles. The number of unbranched alkanes of at least 4 members (excludes halogenated alkanes) is 52. The third-order valence-corrected chi connectivity index (χ3v) is 21.3. The Bertz CT molecular complexity index is 1910. The quantitative estimate of drug-likeness (QED) is 0.0222. The van der Waals surface area contributed by atoms with E-state index < -0.39 is 97.5 Å². The summed E-state index contributed by atoms with van der Waals surface area (Å²) in [5, 5.41) is 10.6. The van der Waals surface area contributed by atoms with E-state index in [2.05, 4.69) is 34.6 Å². The Morgan fingerprint density at radius 1 is 0.280 bits per heavy atom. The summed E-state index contributed by atoms with van der Waals surface area (Å²) in [6.45, 7) is 7.37. The number of ether oxygens (including phenoxy) is 4. The van der Waals surface area contributed by atoms with Crippen molar-refractivity contribution in [1.29, 1.82) is 0 Å². The number of rotatable bonds is 81. The summed E-state index contributed by atoms with van der Waals surface area (Å²) < 4.78 is 68.7. The maximum absolute atomic E-state index is 13.1. The van der Waals surface area contributed by atoms with Crippen molar-refractivity contribution in [2.45, 2.75) is 451 Å². The molecular formula is C81H158O17P2. The van der Waals surface area contributed by atoms with Crippen molar-refractivity contribution >= 4 is 39.5 Å². The van der Waals surface area contributed by atoms with E-state index in [0.717, 1.165) is 95.8 Å². The second-order valence-corrected chi connectivity index (χ2v) is 32.3. The molecule has 0 bridgehead atoms. The van der Waals surface area contributed by atoms with E-state index in [-0.39, 0.29) is 25.7 Å². The third-order valence-electron chi connectivity index (χ3n) is 19.4. The van der Waals surface area contributed by atoms with Crippen molar-refractivity contribution < 1.29 is 80.2 Å². The number of esters is 4. The molecular weight excluding hydrogens is 1310 g/mol. The summed E-state index contributed by atoms with van der Waals surface area (Å²) in [6.07, 6.45) is 65.2. The van der Waals surface area contributed by atoms with Crippen LogP contribution in [0.5, 0.6) is 0 Å². The zero-order chi connectivity index (χ0) is 73.4. The highest BCUT2D eigenvalue weighted by Gasteiger charge is 2.30. The van der Waals surface area contributed by atoms with E-state index in [1.54, 1.807) is 0 Å². The number of hydrogen-bond donors (Lipinski definition) is 3. The minimum absolute atomic E-state index is 0.109. The fourth-order valence-corrected chi connectivity index (χ4v) is 14.1. The van der Waals surface area contributed by atoms with Crippen LogP contribution in [0.25, 0.3) is 0 Å². The predicted octanol–water partition coefficient (Wildman–Crippen LogP) is 24.4. The van der Waals surface area contributed by atoms with Gasteiger partial charge in [0.2, 0.25) is 0 Å². The van der Waals surface area contributed by atoms with Crippen LogP contribution >= 0.6 is 15.6 Å². The second kappa shape index (κ2) is 73.9. The van der Waals surface area contributed by atoms with Gasteiger partial charge in [-0.3, -0.25) is 37.3 Å². The molecule has 0 heterocycles. The molecule has 0 rings (SSSR count). The SMILES string of the molecule is CCCCCCCCCCCCCCCCCCCC(=O)OC[C@H](COP(=O)(O)OC[C@@H](O)COP(=O)(O)OC[C@@H](COC(=O)CCCCCCCCCC)OC(=O)CCCCCCCCCCCCCCCCCCC)OC(=O)CCCCCCCCCCCCCCCCC(C)CC. The van der Waals surface area contributed by atoms with Crippen LogP contribution in [-0.4, -0.2) is 96.7 Å². The van der Waals surface area contributed by atoms with Gasteiger partial charge in [-0.1, -0.05) is 381 Å². The monoisotopic (exact) mass is 1470 g/mol. The van der Waals surface area contributed by atoms with E-state index in [0.29, 0.717) is 25.7 Å². The van der Waals surface area contributed by atoms with Crippen molar-refractivity contribution in [3.63, 3.8) is 0 Å². The highest BCUT2D eigenvalue weighted by atomic mass is 31.2. The van der Waals surface area contributed by atoms with Gasteiger partial charge in [0, 0.05) is 25.7 Å². The Hall–Kier alpha value is -1.94. The minimum atomic E-state index is -4.96. The van der Waals surface area contributed by atoms with Crippen molar-refractivity contribution in [2.75, 3.05) is 39.6 Å². The lowest BCUT2D eigenvalue weighted by Gasteiger charge is -2.21. The third kappa shape index (κ3) is 73.0. The Morgan fingerprint density at radius 2 is 0.480 bits per heavy atom. The van der Waals surface area contributed by atoms with Crippen LogP contribution in [0.4, 0.5) is 0 Å². The fourth-order valence-electron chi connectivity index (χ4n) is 12.6. The molecule has 0 aliphatic carbocycles. The number of aliphatic hydroxyl groups is 1. The summed E-state index contributed by atoms with van der Waals surface area (Å²) in [4.78, 5) is 73.0. The molecule has 6 atom stereocenters. The second-order valence-electron chi connectivity index (χ2n) is 29.4. The van der Waals surface area contributed by atoms with Crippen LogP contribution in [-0.2, 0) is 65.4 Å². The minimum Gasteiger partial charge on any atom is -0.462 e. The molecule has 0 amide bonds. The van der Waals surface area contributed by atoms with Crippen LogP contribution in [0.3, 0.4) is 0 Å². The van der Waals surface area contributed by atoms with Crippen molar-refractivity contribution in [1.82, 2.24) is 0 Å². The van der Waals surface area contributed by atoms with Gasteiger partial charge in [-0.25, -0.2) is 9.13 Å². The number of phosphoric ester groups is 2. The molecule has 594 valence electrons. The zero-order valence-corrected chi connectivity index (χ0v) is 67.1. The molecule has 0 aliphatic rings. The van der Waals surface area contributed by atoms with E-state index in [4.69, 9.17) is 37.0 Å². The Labute approximate surface area is 613 Å². The smallest absolute Gasteiger partial charge is 0.462 e. The highest BCUT2D eigenvalue weighted by Crippen LogP contribution is 2.45. The van der Waals surface area contributed by atoms with Crippen molar-refractivity contribution in [3.8, 4) is 0 Å². The Morgan fingerprint density at radius 3 is 0.710 bits per heavy atom. The molecule has 0 aromatic heterocycles. The summed E-state index contributed by atoms with van der Waals surface area (Å²) >= 11 is 0. The van der Waals surface area contributed by atoms with Gasteiger partial charge >= 0.3 is 39.5 Å². The lowest BCUT2D eigenvalue weighted by molar-refractivity contribution is -0.161. The summed E-state index contributed by atoms with van der Waals surface area (Å²) in [5.74, 6) is -1.26. The number of carbonyl (C=O) groups excluding carboxylic acids is 4. The van der Waals surface area contributed by atoms with Gasteiger partial charge in [0.25, 0.3) is 0 Å². The first-order valence-corrected chi connectivity index (χ1v) is 45.2. The lowest BCUT2D eigenvalue weighted by atomic mass is 9.99. The van der Waals surface area contributed by atoms with E-state index >= 15 is 0 Å². The van der Waals surface area contributed by atoms with Crippen molar-refractivity contribution in [2.24, 2.45) is 5.92 Å².